The Bertz CT molecular complexity index is 1030. The van der Waals surface area contributed by atoms with Gasteiger partial charge in [0.05, 0.1) is 11.6 Å². The van der Waals surface area contributed by atoms with Crippen molar-refractivity contribution in [1.82, 2.24) is 0 Å². The second-order valence-electron chi connectivity index (χ2n) is 6.80. The van der Waals surface area contributed by atoms with Gasteiger partial charge in [0.2, 0.25) is 0 Å². The van der Waals surface area contributed by atoms with E-state index < -0.39 is 64.7 Å². The Morgan fingerprint density at radius 3 is 2.54 bits per heavy atom. The van der Waals surface area contributed by atoms with Crippen LogP contribution < -0.4 is 4.74 Å². The summed E-state index contributed by atoms with van der Waals surface area (Å²) in [7, 11) is 0. The lowest BCUT2D eigenvalue weighted by Crippen LogP contribution is -2.50. The van der Waals surface area contributed by atoms with E-state index >= 15 is 0 Å². The summed E-state index contributed by atoms with van der Waals surface area (Å²) in [6, 6.07) is 6.10. The van der Waals surface area contributed by atoms with E-state index in [1.165, 1.54) is 0 Å². The Balaban J connectivity index is 1.91. The summed E-state index contributed by atoms with van der Waals surface area (Å²) in [6.07, 6.45) is -3.46. The molecule has 0 saturated carbocycles. The molecule has 0 spiro atoms. The van der Waals surface area contributed by atoms with Gasteiger partial charge in [-0.05, 0) is 37.1 Å². The number of hydrogen-bond donors (Lipinski definition) is 1. The van der Waals surface area contributed by atoms with Crippen molar-refractivity contribution in [2.75, 3.05) is 0 Å². The maximum absolute atomic E-state index is 14.6. The zero-order valence-electron chi connectivity index (χ0n) is 13.9. The summed E-state index contributed by atoms with van der Waals surface area (Å²) in [5.41, 5.74) is -6.04. The molecule has 0 radical (unpaired) electrons. The number of hydrogen-bond acceptors (Lipinski definition) is 3. The maximum Gasteiger partial charge on any atom is 0.346 e. The van der Waals surface area contributed by atoms with Gasteiger partial charge in [0.15, 0.2) is 5.60 Å². The molecule has 0 fully saturated rings. The largest absolute Gasteiger partial charge is 0.457 e. The number of nitrogens with zero attached hydrogens (tertiary/aromatic N) is 1. The lowest BCUT2D eigenvalue weighted by molar-refractivity contribution is -0.289. The van der Waals surface area contributed by atoms with Gasteiger partial charge in [0.1, 0.15) is 23.5 Å². The third-order valence-corrected chi connectivity index (χ3v) is 5.17. The average molecular weight is 399 g/mol. The first-order valence-electron chi connectivity index (χ1n) is 8.21. The van der Waals surface area contributed by atoms with E-state index in [9.17, 15) is 31.4 Å². The number of alkyl halides is 5. The molecule has 0 aromatic heterocycles. The molecule has 2 aliphatic rings. The Morgan fingerprint density at radius 1 is 1.14 bits per heavy atom. The quantitative estimate of drug-likeness (QED) is 0.705. The molecule has 1 N–H and O–H groups in total. The van der Waals surface area contributed by atoms with Gasteiger partial charge in [-0.25, -0.2) is 8.78 Å². The monoisotopic (exact) mass is 399 g/mol. The van der Waals surface area contributed by atoms with Crippen LogP contribution in [0.4, 0.5) is 26.3 Å². The van der Waals surface area contributed by atoms with E-state index in [0.717, 1.165) is 24.3 Å². The molecule has 0 unspecified atom stereocenters. The molecule has 0 saturated heterocycles. The van der Waals surface area contributed by atoms with Crippen molar-refractivity contribution < 1.29 is 36.2 Å². The fraction of sp³-hybridized carbons (Fsp3) is 0.316. The second kappa shape index (κ2) is 5.64. The number of nitriles is 1. The van der Waals surface area contributed by atoms with Gasteiger partial charge in [-0.3, -0.25) is 0 Å². The molecule has 2 atom stereocenters. The zero-order chi connectivity index (χ0) is 20.5. The minimum absolute atomic E-state index is 0.115. The molecule has 2 aliphatic carbocycles. The van der Waals surface area contributed by atoms with Crippen LogP contribution in [0.3, 0.4) is 0 Å². The predicted molar refractivity (Wildman–Crippen MR) is 83.5 cm³/mol. The highest BCUT2D eigenvalue weighted by molar-refractivity contribution is 5.58. The van der Waals surface area contributed by atoms with Gasteiger partial charge in [0, 0.05) is 22.8 Å². The number of halogens is 6. The highest BCUT2D eigenvalue weighted by Gasteiger charge is 2.77. The van der Waals surface area contributed by atoms with Crippen LogP contribution in [0.2, 0.25) is 0 Å². The third-order valence-electron chi connectivity index (χ3n) is 5.17. The number of aliphatic hydroxyl groups is 1. The fourth-order valence-electron chi connectivity index (χ4n) is 3.87. The third kappa shape index (κ3) is 2.21. The summed E-state index contributed by atoms with van der Waals surface area (Å²) >= 11 is 0. The molecular weight excluding hydrogens is 388 g/mol. The van der Waals surface area contributed by atoms with Gasteiger partial charge in [-0.15, -0.1) is 0 Å². The minimum Gasteiger partial charge on any atom is -0.457 e. The number of ether oxygens (including phenoxy) is 1. The smallest absolute Gasteiger partial charge is 0.346 e. The van der Waals surface area contributed by atoms with Crippen LogP contribution in [0.25, 0.3) is 0 Å². The van der Waals surface area contributed by atoms with Gasteiger partial charge in [0.25, 0.3) is 0 Å². The minimum atomic E-state index is -4.83. The van der Waals surface area contributed by atoms with E-state index in [1.54, 1.807) is 6.07 Å². The molecule has 0 aliphatic heterocycles. The summed E-state index contributed by atoms with van der Waals surface area (Å²) in [6.45, 7) is 0. The van der Waals surface area contributed by atoms with Crippen LogP contribution >= 0.6 is 0 Å². The zero-order valence-corrected chi connectivity index (χ0v) is 13.9. The Labute approximate surface area is 154 Å². The molecule has 2 aromatic carbocycles. The molecule has 9 heteroatoms. The van der Waals surface area contributed by atoms with Crippen molar-refractivity contribution in [1.29, 1.82) is 5.26 Å². The van der Waals surface area contributed by atoms with Crippen LogP contribution in [0.5, 0.6) is 11.5 Å². The van der Waals surface area contributed by atoms with Crippen LogP contribution in [0.15, 0.2) is 30.3 Å². The topological polar surface area (TPSA) is 53.2 Å². The van der Waals surface area contributed by atoms with Gasteiger partial charge in [-0.1, -0.05) is 0 Å². The summed E-state index contributed by atoms with van der Waals surface area (Å²) < 4.78 is 90.9. The van der Waals surface area contributed by atoms with E-state index in [-0.39, 0.29) is 11.3 Å². The van der Waals surface area contributed by atoms with E-state index in [1.807, 2.05) is 0 Å². The molecule has 0 bridgehead atoms. The standard InChI is InChI=1S/C19H11F6NO2/c20-10-5-9(8-26)6-11(7-10)28-14-2-1-12-16-15(14)13(21)3-4-17(16,27)19(24,25)18(12,22)23/h1-2,5-7,13,27H,3-4H2/t13-,17+/m1/s1. The second-order valence-corrected chi connectivity index (χ2v) is 6.80. The van der Waals surface area contributed by atoms with Gasteiger partial charge >= 0.3 is 11.8 Å². The van der Waals surface area contributed by atoms with Crippen molar-refractivity contribution in [3.8, 4) is 17.6 Å². The lowest BCUT2D eigenvalue weighted by Gasteiger charge is -2.37. The number of rotatable bonds is 2. The van der Waals surface area contributed by atoms with Crippen molar-refractivity contribution >= 4 is 0 Å². The van der Waals surface area contributed by atoms with Crippen LogP contribution in [-0.2, 0) is 11.5 Å². The fourth-order valence-corrected chi connectivity index (χ4v) is 3.87. The maximum atomic E-state index is 14.6. The van der Waals surface area contributed by atoms with Crippen molar-refractivity contribution in [2.24, 2.45) is 0 Å². The molecule has 0 heterocycles. The molecule has 146 valence electrons. The molecule has 4 rings (SSSR count). The first-order valence-corrected chi connectivity index (χ1v) is 8.21. The van der Waals surface area contributed by atoms with Gasteiger partial charge < -0.3 is 9.84 Å². The molecular formula is C19H11F6NO2. The first-order chi connectivity index (χ1) is 13.0. The summed E-state index contributed by atoms with van der Waals surface area (Å²) in [5, 5.41) is 19.3. The Morgan fingerprint density at radius 2 is 1.86 bits per heavy atom. The summed E-state index contributed by atoms with van der Waals surface area (Å²) in [4.78, 5) is 0. The summed E-state index contributed by atoms with van der Waals surface area (Å²) in [5.74, 6) is -11.0. The predicted octanol–water partition coefficient (Wildman–Crippen LogP) is 5.22. The Kier molecular flexibility index (Phi) is 3.75. The Hall–Kier alpha value is -2.73. The normalized spacial score (nSPS) is 26.4. The van der Waals surface area contributed by atoms with Crippen molar-refractivity contribution in [3.63, 3.8) is 0 Å². The number of benzene rings is 2. The molecule has 2 aromatic rings. The van der Waals surface area contributed by atoms with E-state index in [4.69, 9.17) is 10.00 Å². The van der Waals surface area contributed by atoms with Crippen molar-refractivity contribution in [2.45, 2.75) is 36.5 Å². The van der Waals surface area contributed by atoms with E-state index in [2.05, 4.69) is 0 Å². The van der Waals surface area contributed by atoms with Crippen LogP contribution in [-0.4, -0.2) is 11.0 Å². The van der Waals surface area contributed by atoms with Crippen molar-refractivity contribution in [3.05, 3.63) is 58.4 Å². The first kappa shape index (κ1) is 18.6. The highest BCUT2D eigenvalue weighted by atomic mass is 19.3. The highest BCUT2D eigenvalue weighted by Crippen LogP contribution is 2.66. The molecule has 3 nitrogen and oxygen atoms in total. The average Bonchev–Trinajstić information content (AvgIpc) is 2.74. The molecule has 28 heavy (non-hydrogen) atoms. The lowest BCUT2D eigenvalue weighted by atomic mass is 9.77. The van der Waals surface area contributed by atoms with Gasteiger partial charge in [-0.2, -0.15) is 22.8 Å². The van der Waals surface area contributed by atoms with E-state index in [0.29, 0.717) is 6.07 Å². The SMILES string of the molecule is N#Cc1cc(F)cc(Oc2ccc3c4c2[C@H](F)CC[C@@]4(O)C(F)(F)C3(F)F)c1. The molecule has 0 amide bonds. The van der Waals surface area contributed by atoms with Crippen LogP contribution in [0.1, 0.15) is 41.3 Å². The van der Waals surface area contributed by atoms with Crippen LogP contribution in [0, 0.1) is 17.1 Å².